The first-order chi connectivity index (χ1) is 17.2. The number of fused-ring (bicyclic) bond motifs is 4. The molecule has 4 heterocycles. The second-order valence-electron chi connectivity index (χ2n) is 9.50. The lowest BCUT2D eigenvalue weighted by Crippen LogP contribution is -2.37. The molecule has 186 valence electrons. The Labute approximate surface area is 209 Å². The second kappa shape index (κ2) is 9.54. The van der Waals surface area contributed by atoms with Crippen LogP contribution >= 0.6 is 11.3 Å². The molecular weight excluding hydrogens is 464 g/mol. The van der Waals surface area contributed by atoms with E-state index in [1.165, 1.54) is 28.7 Å². The molecule has 6 rings (SSSR count). The van der Waals surface area contributed by atoms with Crippen molar-refractivity contribution in [3.05, 3.63) is 39.5 Å². The van der Waals surface area contributed by atoms with E-state index in [-0.39, 0.29) is 0 Å². The molecule has 0 radical (unpaired) electrons. The predicted octanol–water partition coefficient (Wildman–Crippen LogP) is 3.47. The average molecular weight is 497 g/mol. The third-order valence-corrected chi connectivity index (χ3v) is 8.59. The van der Waals surface area contributed by atoms with Gasteiger partial charge in [0.1, 0.15) is 34.1 Å². The molecular formula is C26H32N4O4S. The summed E-state index contributed by atoms with van der Waals surface area (Å²) >= 11 is 1.83. The minimum atomic E-state index is -0.703. The van der Waals surface area contributed by atoms with E-state index in [4.69, 9.17) is 24.2 Å². The van der Waals surface area contributed by atoms with E-state index < -0.39 is 6.10 Å². The Balaban J connectivity index is 1.46. The molecule has 1 saturated heterocycles. The van der Waals surface area contributed by atoms with Crippen molar-refractivity contribution in [2.75, 3.05) is 52.0 Å². The van der Waals surface area contributed by atoms with Crippen LogP contribution in [0.25, 0.3) is 10.2 Å². The minimum Gasteiger partial charge on any atom is -0.496 e. The number of thiophene rings is 1. The molecule has 1 fully saturated rings. The second-order valence-corrected chi connectivity index (χ2v) is 10.6. The summed E-state index contributed by atoms with van der Waals surface area (Å²) in [5.41, 5.74) is 3.17. The molecule has 0 bridgehead atoms. The van der Waals surface area contributed by atoms with Gasteiger partial charge in [0.2, 0.25) is 0 Å². The summed E-state index contributed by atoms with van der Waals surface area (Å²) in [4.78, 5) is 17.3. The third-order valence-electron chi connectivity index (χ3n) is 7.40. The zero-order valence-corrected chi connectivity index (χ0v) is 21.2. The van der Waals surface area contributed by atoms with E-state index in [1.807, 2.05) is 23.5 Å². The van der Waals surface area contributed by atoms with Gasteiger partial charge in [0.15, 0.2) is 0 Å². The number of hydrogen-bond donors (Lipinski definition) is 1. The number of benzene rings is 1. The number of aliphatic hydroxyl groups is 1. The number of β-amino-alcohol motifs (C(OH)–C–C–N with tert-alkyl or cyclic N) is 1. The number of ether oxygens (including phenoxy) is 3. The summed E-state index contributed by atoms with van der Waals surface area (Å²) < 4.78 is 16.8. The van der Waals surface area contributed by atoms with E-state index >= 15 is 0 Å². The maximum Gasteiger partial charge on any atom is 0.146 e. The van der Waals surface area contributed by atoms with Gasteiger partial charge in [0, 0.05) is 35.6 Å². The number of methoxy groups -OCH3 is 2. The monoisotopic (exact) mass is 496 g/mol. The van der Waals surface area contributed by atoms with Crippen molar-refractivity contribution in [1.82, 2.24) is 14.9 Å². The van der Waals surface area contributed by atoms with Crippen LogP contribution in [0.3, 0.4) is 0 Å². The highest BCUT2D eigenvalue weighted by Crippen LogP contribution is 2.44. The number of hydrogen-bond acceptors (Lipinski definition) is 9. The molecule has 35 heavy (non-hydrogen) atoms. The van der Waals surface area contributed by atoms with E-state index in [9.17, 15) is 5.11 Å². The topological polar surface area (TPSA) is 80.2 Å². The van der Waals surface area contributed by atoms with Gasteiger partial charge in [-0.25, -0.2) is 9.97 Å². The summed E-state index contributed by atoms with van der Waals surface area (Å²) in [7, 11) is 3.32. The van der Waals surface area contributed by atoms with Crippen molar-refractivity contribution in [2.45, 2.75) is 44.9 Å². The molecule has 0 unspecified atom stereocenters. The molecule has 1 aromatic carbocycles. The first kappa shape index (κ1) is 23.0. The van der Waals surface area contributed by atoms with Gasteiger partial charge in [0.25, 0.3) is 0 Å². The molecule has 3 aromatic rings. The van der Waals surface area contributed by atoms with Crippen LogP contribution in [0.4, 0.5) is 5.82 Å². The van der Waals surface area contributed by atoms with E-state index in [1.54, 1.807) is 14.2 Å². The Morgan fingerprint density at radius 2 is 1.83 bits per heavy atom. The fraction of sp³-hybridized carbons (Fsp3) is 0.538. The normalized spacial score (nSPS) is 20.5. The largest absolute Gasteiger partial charge is 0.496 e. The molecule has 0 amide bonds. The smallest absolute Gasteiger partial charge is 0.146 e. The molecule has 0 spiro atoms. The van der Waals surface area contributed by atoms with Crippen LogP contribution in [0.2, 0.25) is 0 Å². The molecule has 9 heteroatoms. The highest BCUT2D eigenvalue weighted by molar-refractivity contribution is 7.19. The lowest BCUT2D eigenvalue weighted by Gasteiger charge is -2.35. The standard InChI is InChI=1S/C26H32N4O4S/c1-32-19-7-8-20(33-2)23-17(19)13-30(14-18(23)31)25-24-16-5-3-4-6-21(16)35-26(24)28-22(27-25)15-29-9-11-34-12-10-29/h7-8,18,31H,3-6,9-15H2,1-2H3/t18-/m1/s1. The van der Waals surface area contributed by atoms with E-state index in [0.29, 0.717) is 25.4 Å². The Morgan fingerprint density at radius 1 is 1.06 bits per heavy atom. The van der Waals surface area contributed by atoms with E-state index in [0.717, 1.165) is 72.5 Å². The van der Waals surface area contributed by atoms with Gasteiger partial charge in [-0.05, 0) is 43.4 Å². The third kappa shape index (κ3) is 4.14. The number of aromatic nitrogens is 2. The molecule has 1 aliphatic carbocycles. The first-order valence-electron chi connectivity index (χ1n) is 12.4. The maximum atomic E-state index is 11.3. The number of nitrogens with zero attached hydrogens (tertiary/aromatic N) is 4. The fourth-order valence-electron chi connectivity index (χ4n) is 5.68. The first-order valence-corrected chi connectivity index (χ1v) is 13.3. The van der Waals surface area contributed by atoms with E-state index in [2.05, 4.69) is 9.80 Å². The Bertz CT molecular complexity index is 1240. The molecule has 1 atom stereocenters. The lowest BCUT2D eigenvalue weighted by atomic mass is 9.94. The van der Waals surface area contributed by atoms with Crippen molar-refractivity contribution in [2.24, 2.45) is 0 Å². The minimum absolute atomic E-state index is 0.449. The van der Waals surface area contributed by atoms with Crippen molar-refractivity contribution in [3.8, 4) is 11.5 Å². The molecule has 1 N–H and O–H groups in total. The van der Waals surface area contributed by atoms with Crippen LogP contribution in [-0.4, -0.2) is 67.0 Å². The summed E-state index contributed by atoms with van der Waals surface area (Å²) in [6.07, 6.45) is 3.91. The number of morpholine rings is 1. The highest BCUT2D eigenvalue weighted by atomic mass is 32.1. The lowest BCUT2D eigenvalue weighted by molar-refractivity contribution is 0.0331. The van der Waals surface area contributed by atoms with Gasteiger partial charge in [-0.2, -0.15) is 0 Å². The van der Waals surface area contributed by atoms with Gasteiger partial charge in [-0.1, -0.05) is 0 Å². The fourth-order valence-corrected chi connectivity index (χ4v) is 6.95. The number of aliphatic hydroxyl groups excluding tert-OH is 1. The van der Waals surface area contributed by atoms with Gasteiger partial charge < -0.3 is 24.2 Å². The van der Waals surface area contributed by atoms with Gasteiger partial charge in [-0.15, -0.1) is 11.3 Å². The molecule has 0 saturated carbocycles. The molecule has 3 aliphatic rings. The van der Waals surface area contributed by atoms with Crippen LogP contribution in [0.1, 0.15) is 46.3 Å². The van der Waals surface area contributed by atoms with Crippen LogP contribution in [0, 0.1) is 0 Å². The van der Waals surface area contributed by atoms with Crippen molar-refractivity contribution < 1.29 is 19.3 Å². The van der Waals surface area contributed by atoms with Gasteiger partial charge in [-0.3, -0.25) is 4.90 Å². The van der Waals surface area contributed by atoms with Gasteiger partial charge in [0.05, 0.1) is 45.9 Å². The number of rotatable bonds is 5. The quantitative estimate of drug-likeness (QED) is 0.575. The predicted molar refractivity (Wildman–Crippen MR) is 136 cm³/mol. The Hall–Kier alpha value is -2.46. The summed E-state index contributed by atoms with van der Waals surface area (Å²) in [6, 6.07) is 3.79. The maximum absolute atomic E-state index is 11.3. The zero-order valence-electron chi connectivity index (χ0n) is 20.4. The highest BCUT2D eigenvalue weighted by Gasteiger charge is 2.33. The van der Waals surface area contributed by atoms with Gasteiger partial charge >= 0.3 is 0 Å². The van der Waals surface area contributed by atoms with Crippen LogP contribution < -0.4 is 14.4 Å². The van der Waals surface area contributed by atoms with Crippen LogP contribution in [0.5, 0.6) is 11.5 Å². The molecule has 2 aliphatic heterocycles. The van der Waals surface area contributed by atoms with Crippen molar-refractivity contribution in [3.63, 3.8) is 0 Å². The van der Waals surface area contributed by atoms with Crippen molar-refractivity contribution >= 4 is 27.4 Å². The Kier molecular flexibility index (Phi) is 6.26. The van der Waals surface area contributed by atoms with Crippen LogP contribution in [0.15, 0.2) is 12.1 Å². The Morgan fingerprint density at radius 3 is 2.63 bits per heavy atom. The van der Waals surface area contributed by atoms with Crippen molar-refractivity contribution in [1.29, 1.82) is 0 Å². The SMILES string of the molecule is COc1ccc(OC)c2c1CN(c1nc(CN3CCOCC3)nc3sc4c(c13)CCCC4)C[C@H]2O. The summed E-state index contributed by atoms with van der Waals surface area (Å²) in [5.74, 6) is 3.23. The number of aryl methyl sites for hydroxylation is 2. The molecule has 2 aromatic heterocycles. The summed E-state index contributed by atoms with van der Waals surface area (Å²) in [5, 5.41) is 12.5. The average Bonchev–Trinajstić information content (AvgIpc) is 3.26. The zero-order chi connectivity index (χ0) is 23.9. The van der Waals surface area contributed by atoms with Crippen LogP contribution in [-0.2, 0) is 30.7 Å². The number of anilines is 1. The molecule has 8 nitrogen and oxygen atoms in total. The summed E-state index contributed by atoms with van der Waals surface area (Å²) in [6.45, 7) is 5.04.